The topological polar surface area (TPSA) is 86.7 Å². The Morgan fingerprint density at radius 3 is 2.17 bits per heavy atom. The number of ether oxygens (including phenoxy) is 2. The smallest absolute Gasteiger partial charge is 0.333 e. The van der Waals surface area contributed by atoms with Crippen molar-refractivity contribution in [3.63, 3.8) is 0 Å². The number of esters is 2. The summed E-state index contributed by atoms with van der Waals surface area (Å²) in [6, 6.07) is 6.31. The number of rotatable bonds is 7. The van der Waals surface area contributed by atoms with Crippen molar-refractivity contribution in [2.45, 2.75) is 18.2 Å². The van der Waals surface area contributed by atoms with Gasteiger partial charge in [0.25, 0.3) is 0 Å². The van der Waals surface area contributed by atoms with Crippen molar-refractivity contribution in [2.24, 2.45) is 5.92 Å². The van der Waals surface area contributed by atoms with E-state index in [-0.39, 0.29) is 16.9 Å². The molecular formula is C16H20O6S. The molecule has 1 unspecified atom stereocenters. The van der Waals surface area contributed by atoms with Gasteiger partial charge in [0.15, 0.2) is 9.84 Å². The highest BCUT2D eigenvalue weighted by atomic mass is 32.2. The summed E-state index contributed by atoms with van der Waals surface area (Å²) >= 11 is 0. The number of hydrogen-bond acceptors (Lipinski definition) is 6. The van der Waals surface area contributed by atoms with Gasteiger partial charge in [-0.05, 0) is 25.5 Å². The molecule has 0 fully saturated rings. The summed E-state index contributed by atoms with van der Waals surface area (Å²) < 4.78 is 34.0. The SMILES string of the molecule is C=C(CC(CS(=O)(=O)c1ccc(C)cc1)C(=O)OC)C(=O)OC. The highest BCUT2D eigenvalue weighted by molar-refractivity contribution is 7.91. The van der Waals surface area contributed by atoms with E-state index in [0.717, 1.165) is 12.7 Å². The molecular weight excluding hydrogens is 320 g/mol. The van der Waals surface area contributed by atoms with Crippen LogP contribution in [0.25, 0.3) is 0 Å². The summed E-state index contributed by atoms with van der Waals surface area (Å²) in [5.74, 6) is -2.91. The third-order valence-electron chi connectivity index (χ3n) is 3.30. The molecule has 0 aliphatic carbocycles. The minimum Gasteiger partial charge on any atom is -0.469 e. The third kappa shape index (κ3) is 5.21. The van der Waals surface area contributed by atoms with Gasteiger partial charge in [0.2, 0.25) is 0 Å². The Bertz CT molecular complexity index is 688. The molecule has 0 aromatic heterocycles. The van der Waals surface area contributed by atoms with Crippen molar-refractivity contribution in [1.82, 2.24) is 0 Å². The number of sulfone groups is 1. The molecule has 0 saturated heterocycles. The number of carbonyl (C=O) groups is 2. The molecule has 0 spiro atoms. The minimum absolute atomic E-state index is 0.0157. The normalized spacial score (nSPS) is 12.3. The molecule has 0 saturated carbocycles. The van der Waals surface area contributed by atoms with E-state index in [0.29, 0.717) is 0 Å². The maximum absolute atomic E-state index is 12.4. The average molecular weight is 340 g/mol. The number of hydrogen-bond donors (Lipinski definition) is 0. The molecule has 0 N–H and O–H groups in total. The molecule has 1 rings (SSSR count). The summed E-state index contributed by atoms with van der Waals surface area (Å²) in [4.78, 5) is 23.4. The van der Waals surface area contributed by atoms with Crippen LogP contribution in [0, 0.1) is 12.8 Å². The van der Waals surface area contributed by atoms with Gasteiger partial charge in [-0.3, -0.25) is 4.79 Å². The third-order valence-corrected chi connectivity index (χ3v) is 5.13. The van der Waals surface area contributed by atoms with E-state index >= 15 is 0 Å². The van der Waals surface area contributed by atoms with Crippen molar-refractivity contribution in [1.29, 1.82) is 0 Å². The lowest BCUT2D eigenvalue weighted by atomic mass is 10.0. The van der Waals surface area contributed by atoms with Crippen LogP contribution in [0.2, 0.25) is 0 Å². The van der Waals surface area contributed by atoms with Gasteiger partial charge < -0.3 is 9.47 Å². The summed E-state index contributed by atoms with van der Waals surface area (Å²) in [5, 5.41) is 0. The Hall–Kier alpha value is -2.15. The molecule has 6 nitrogen and oxygen atoms in total. The van der Waals surface area contributed by atoms with E-state index in [4.69, 9.17) is 0 Å². The quantitative estimate of drug-likeness (QED) is 0.554. The second-order valence-corrected chi connectivity index (χ2v) is 7.15. The number of methoxy groups -OCH3 is 2. The van der Waals surface area contributed by atoms with Crippen molar-refractivity contribution in [3.05, 3.63) is 42.0 Å². The minimum atomic E-state index is -3.70. The summed E-state index contributed by atoms with van der Waals surface area (Å²) in [7, 11) is -1.36. The van der Waals surface area contributed by atoms with E-state index in [2.05, 4.69) is 16.1 Å². The fourth-order valence-corrected chi connectivity index (χ4v) is 3.54. The lowest BCUT2D eigenvalue weighted by Gasteiger charge is -2.15. The molecule has 126 valence electrons. The molecule has 7 heteroatoms. The predicted molar refractivity (Wildman–Crippen MR) is 84.5 cm³/mol. The van der Waals surface area contributed by atoms with E-state index in [1.165, 1.54) is 19.2 Å². The Labute approximate surface area is 136 Å². The van der Waals surface area contributed by atoms with Crippen LogP contribution < -0.4 is 0 Å². The van der Waals surface area contributed by atoms with E-state index in [9.17, 15) is 18.0 Å². The molecule has 23 heavy (non-hydrogen) atoms. The summed E-state index contributed by atoms with van der Waals surface area (Å²) in [6.45, 7) is 5.36. The maximum atomic E-state index is 12.4. The lowest BCUT2D eigenvalue weighted by Crippen LogP contribution is -2.27. The standard InChI is InChI=1S/C16H20O6S/c1-11-5-7-14(8-6-11)23(19,20)10-13(16(18)22-4)9-12(2)15(17)21-3/h5-8,13H,2,9-10H2,1,3-4H3. The monoisotopic (exact) mass is 340 g/mol. The van der Waals surface area contributed by atoms with Crippen LogP contribution in [-0.4, -0.2) is 40.3 Å². The van der Waals surface area contributed by atoms with E-state index < -0.39 is 33.4 Å². The highest BCUT2D eigenvalue weighted by Crippen LogP contribution is 2.20. The highest BCUT2D eigenvalue weighted by Gasteiger charge is 2.29. The molecule has 0 heterocycles. The van der Waals surface area contributed by atoms with Crippen LogP contribution in [0.5, 0.6) is 0 Å². The predicted octanol–water partition coefficient (Wildman–Crippen LogP) is 1.68. The van der Waals surface area contributed by atoms with Crippen LogP contribution in [-0.2, 0) is 28.9 Å². The lowest BCUT2D eigenvalue weighted by molar-refractivity contribution is -0.144. The van der Waals surface area contributed by atoms with Crippen LogP contribution >= 0.6 is 0 Å². The molecule has 1 aromatic carbocycles. The van der Waals surface area contributed by atoms with Gasteiger partial charge in [0.1, 0.15) is 0 Å². The fraction of sp³-hybridized carbons (Fsp3) is 0.375. The molecule has 0 amide bonds. The Kier molecular flexibility index (Phi) is 6.50. The second kappa shape index (κ2) is 7.92. The van der Waals surface area contributed by atoms with Crippen molar-refractivity contribution in [3.8, 4) is 0 Å². The summed E-state index contributed by atoms with van der Waals surface area (Å²) in [5.41, 5.74) is 0.939. The molecule has 0 bridgehead atoms. The second-order valence-electron chi connectivity index (χ2n) is 5.11. The number of benzene rings is 1. The van der Waals surface area contributed by atoms with Gasteiger partial charge >= 0.3 is 11.9 Å². The molecule has 0 radical (unpaired) electrons. The van der Waals surface area contributed by atoms with Gasteiger partial charge in [-0.2, -0.15) is 0 Å². The van der Waals surface area contributed by atoms with E-state index in [1.807, 2.05) is 6.92 Å². The van der Waals surface area contributed by atoms with Crippen LogP contribution in [0.1, 0.15) is 12.0 Å². The maximum Gasteiger partial charge on any atom is 0.333 e. The van der Waals surface area contributed by atoms with Crippen molar-refractivity contribution >= 4 is 21.8 Å². The van der Waals surface area contributed by atoms with Gasteiger partial charge in [-0.1, -0.05) is 24.3 Å². The summed E-state index contributed by atoms with van der Waals surface area (Å²) in [6.07, 6.45) is -0.148. The Balaban J connectivity index is 3.00. The van der Waals surface area contributed by atoms with Gasteiger partial charge in [0, 0.05) is 5.57 Å². The largest absolute Gasteiger partial charge is 0.469 e. The number of aryl methyl sites for hydroxylation is 1. The molecule has 0 aliphatic heterocycles. The van der Waals surface area contributed by atoms with Crippen molar-refractivity contribution < 1.29 is 27.5 Å². The Morgan fingerprint density at radius 2 is 1.70 bits per heavy atom. The van der Waals surface area contributed by atoms with Crippen LogP contribution in [0.4, 0.5) is 0 Å². The molecule has 1 aromatic rings. The fourth-order valence-electron chi connectivity index (χ4n) is 2.01. The zero-order chi connectivity index (χ0) is 17.6. The first-order valence-corrected chi connectivity index (χ1v) is 8.50. The van der Waals surface area contributed by atoms with Gasteiger partial charge in [-0.25, -0.2) is 13.2 Å². The Morgan fingerprint density at radius 1 is 1.13 bits per heavy atom. The van der Waals surface area contributed by atoms with Crippen LogP contribution in [0.3, 0.4) is 0 Å². The number of carbonyl (C=O) groups excluding carboxylic acids is 2. The average Bonchev–Trinajstić information content (AvgIpc) is 2.52. The first-order chi connectivity index (χ1) is 10.7. The molecule has 0 aliphatic rings. The zero-order valence-corrected chi connectivity index (χ0v) is 14.2. The first kappa shape index (κ1) is 18.9. The van der Waals surface area contributed by atoms with Crippen molar-refractivity contribution in [2.75, 3.05) is 20.0 Å². The van der Waals surface area contributed by atoms with E-state index in [1.54, 1.807) is 12.1 Å². The van der Waals surface area contributed by atoms with Gasteiger partial charge in [-0.15, -0.1) is 0 Å². The molecule has 1 atom stereocenters. The van der Waals surface area contributed by atoms with Crippen LogP contribution in [0.15, 0.2) is 41.3 Å². The zero-order valence-electron chi connectivity index (χ0n) is 13.4. The van der Waals surface area contributed by atoms with Gasteiger partial charge in [0.05, 0.1) is 30.8 Å². The first-order valence-electron chi connectivity index (χ1n) is 6.84.